The van der Waals surface area contributed by atoms with E-state index in [1.165, 1.54) is 18.4 Å². The monoisotopic (exact) mass is 434 g/mol. The summed E-state index contributed by atoms with van der Waals surface area (Å²) in [5.74, 6) is 0.583. The second-order valence-corrected chi connectivity index (χ2v) is 8.36. The van der Waals surface area contributed by atoms with E-state index in [2.05, 4.69) is 11.4 Å². The van der Waals surface area contributed by atoms with Crippen LogP contribution in [0.3, 0.4) is 0 Å². The molecular weight excluding hydrogens is 400 g/mol. The van der Waals surface area contributed by atoms with Crippen LogP contribution in [0.4, 0.5) is 0 Å². The second-order valence-electron chi connectivity index (χ2n) is 8.36. The molecule has 5 heteroatoms. The van der Waals surface area contributed by atoms with E-state index >= 15 is 0 Å². The molecule has 32 heavy (non-hydrogen) atoms. The Morgan fingerprint density at radius 1 is 1.03 bits per heavy atom. The van der Waals surface area contributed by atoms with Crippen LogP contribution in [0.2, 0.25) is 0 Å². The SMILES string of the molecule is COc1ccc(CN(C(=O)Cc2ccccc2)[C@@H](C)C(=O)NCCC2=CCCCC2)cc1. The number of hydrogen-bond acceptors (Lipinski definition) is 3. The van der Waals surface area contributed by atoms with Crippen molar-refractivity contribution in [2.24, 2.45) is 0 Å². The number of carbonyl (C=O) groups is 2. The largest absolute Gasteiger partial charge is 0.497 e. The molecule has 0 unspecified atom stereocenters. The van der Waals surface area contributed by atoms with Gasteiger partial charge in [0.1, 0.15) is 11.8 Å². The average molecular weight is 435 g/mol. The van der Waals surface area contributed by atoms with E-state index in [1.807, 2.05) is 61.5 Å². The van der Waals surface area contributed by atoms with E-state index in [-0.39, 0.29) is 18.2 Å². The third-order valence-corrected chi connectivity index (χ3v) is 6.01. The molecule has 1 aliphatic rings. The summed E-state index contributed by atoms with van der Waals surface area (Å²) in [4.78, 5) is 27.8. The van der Waals surface area contributed by atoms with Crippen LogP contribution < -0.4 is 10.1 Å². The number of nitrogens with zero attached hydrogens (tertiary/aromatic N) is 1. The standard InChI is InChI=1S/C27H34N2O3/c1-21(27(31)28-18-17-22-9-5-3-6-10-22)29(20-24-13-15-25(32-2)16-14-24)26(30)19-23-11-7-4-8-12-23/h4,7-9,11-16,21H,3,5-6,10,17-20H2,1-2H3,(H,28,31)/t21-/m0/s1. The zero-order chi connectivity index (χ0) is 22.8. The van der Waals surface area contributed by atoms with Crippen molar-refractivity contribution in [2.45, 2.75) is 58.0 Å². The van der Waals surface area contributed by atoms with Crippen LogP contribution in [0.25, 0.3) is 0 Å². The summed E-state index contributed by atoms with van der Waals surface area (Å²) in [5, 5.41) is 3.04. The van der Waals surface area contributed by atoms with Gasteiger partial charge in [0.15, 0.2) is 0 Å². The summed E-state index contributed by atoms with van der Waals surface area (Å²) in [7, 11) is 1.63. The quantitative estimate of drug-likeness (QED) is 0.553. The molecule has 3 rings (SSSR count). The summed E-state index contributed by atoms with van der Waals surface area (Å²) in [6.07, 6.45) is 8.22. The lowest BCUT2D eigenvalue weighted by atomic mass is 9.97. The van der Waals surface area contributed by atoms with E-state index in [0.717, 1.165) is 36.1 Å². The molecule has 0 spiro atoms. The first kappa shape index (κ1) is 23.6. The molecule has 0 saturated heterocycles. The number of hydrogen-bond donors (Lipinski definition) is 1. The number of nitrogens with one attached hydrogen (secondary N) is 1. The summed E-state index contributed by atoms with van der Waals surface area (Å²) in [6.45, 7) is 2.79. The molecule has 0 heterocycles. The van der Waals surface area contributed by atoms with Gasteiger partial charge in [-0.15, -0.1) is 0 Å². The number of methoxy groups -OCH3 is 1. The molecule has 170 valence electrons. The van der Waals surface area contributed by atoms with Crippen molar-refractivity contribution in [1.82, 2.24) is 10.2 Å². The predicted molar refractivity (Wildman–Crippen MR) is 127 cm³/mol. The molecule has 0 saturated carbocycles. The lowest BCUT2D eigenvalue weighted by molar-refractivity contribution is -0.140. The Labute approximate surface area is 191 Å². The van der Waals surface area contributed by atoms with Gasteiger partial charge in [-0.3, -0.25) is 9.59 Å². The topological polar surface area (TPSA) is 58.6 Å². The molecule has 1 atom stereocenters. The van der Waals surface area contributed by atoms with Gasteiger partial charge in [-0.1, -0.05) is 54.1 Å². The van der Waals surface area contributed by atoms with E-state index in [1.54, 1.807) is 12.0 Å². The first-order valence-electron chi connectivity index (χ1n) is 11.5. The van der Waals surface area contributed by atoms with E-state index in [9.17, 15) is 9.59 Å². The lowest BCUT2D eigenvalue weighted by Crippen LogP contribution is -2.48. The van der Waals surface area contributed by atoms with Crippen molar-refractivity contribution in [2.75, 3.05) is 13.7 Å². The minimum absolute atomic E-state index is 0.0651. The predicted octanol–water partition coefficient (Wildman–Crippen LogP) is 4.66. The summed E-state index contributed by atoms with van der Waals surface area (Å²) >= 11 is 0. The fourth-order valence-corrected chi connectivity index (χ4v) is 4.01. The summed E-state index contributed by atoms with van der Waals surface area (Å²) in [6, 6.07) is 16.7. The molecule has 1 N–H and O–H groups in total. The molecule has 5 nitrogen and oxygen atoms in total. The van der Waals surface area contributed by atoms with Gasteiger partial charge >= 0.3 is 0 Å². The Morgan fingerprint density at radius 3 is 2.44 bits per heavy atom. The third kappa shape index (κ3) is 6.98. The van der Waals surface area contributed by atoms with Crippen LogP contribution in [0.1, 0.15) is 50.2 Å². The second kappa shape index (κ2) is 12.1. The van der Waals surface area contributed by atoms with Crippen LogP contribution in [0, 0.1) is 0 Å². The van der Waals surface area contributed by atoms with Gasteiger partial charge in [0.05, 0.1) is 13.5 Å². The molecule has 2 aromatic carbocycles. The molecule has 2 amide bonds. The fourth-order valence-electron chi connectivity index (χ4n) is 4.01. The summed E-state index contributed by atoms with van der Waals surface area (Å²) < 4.78 is 5.23. The number of carbonyl (C=O) groups excluding carboxylic acids is 2. The highest BCUT2D eigenvalue weighted by atomic mass is 16.5. The van der Waals surface area contributed by atoms with E-state index in [0.29, 0.717) is 13.1 Å². The van der Waals surface area contributed by atoms with Crippen molar-refractivity contribution in [1.29, 1.82) is 0 Å². The van der Waals surface area contributed by atoms with Crippen LogP contribution in [-0.4, -0.2) is 36.4 Å². The van der Waals surface area contributed by atoms with Crippen molar-refractivity contribution >= 4 is 11.8 Å². The minimum Gasteiger partial charge on any atom is -0.497 e. The van der Waals surface area contributed by atoms with E-state index in [4.69, 9.17) is 4.74 Å². The van der Waals surface area contributed by atoms with Crippen molar-refractivity contribution in [3.63, 3.8) is 0 Å². The van der Waals surface area contributed by atoms with E-state index < -0.39 is 6.04 Å². The Kier molecular flexibility index (Phi) is 8.90. The normalized spacial score (nSPS) is 14.2. The first-order valence-corrected chi connectivity index (χ1v) is 11.5. The van der Waals surface area contributed by atoms with Gasteiger partial charge in [-0.2, -0.15) is 0 Å². The van der Waals surface area contributed by atoms with Gasteiger partial charge in [0, 0.05) is 13.1 Å². The van der Waals surface area contributed by atoms with Gasteiger partial charge in [-0.05, 0) is 62.3 Å². The zero-order valence-corrected chi connectivity index (χ0v) is 19.2. The van der Waals surface area contributed by atoms with Crippen molar-refractivity contribution < 1.29 is 14.3 Å². The zero-order valence-electron chi connectivity index (χ0n) is 19.2. The Bertz CT molecular complexity index is 906. The maximum atomic E-state index is 13.2. The molecule has 1 aliphatic carbocycles. The number of rotatable bonds is 10. The van der Waals surface area contributed by atoms with Gasteiger partial charge < -0.3 is 15.0 Å². The van der Waals surface area contributed by atoms with Crippen molar-refractivity contribution in [3.8, 4) is 5.75 Å². The lowest BCUT2D eigenvalue weighted by Gasteiger charge is -2.29. The fraction of sp³-hybridized carbons (Fsp3) is 0.407. The van der Waals surface area contributed by atoms with Crippen LogP contribution >= 0.6 is 0 Å². The number of allylic oxidation sites excluding steroid dienone is 1. The Hall–Kier alpha value is -3.08. The van der Waals surface area contributed by atoms with Gasteiger partial charge in [0.25, 0.3) is 0 Å². The molecule has 2 aromatic rings. The first-order chi connectivity index (χ1) is 15.6. The molecule has 0 aliphatic heterocycles. The highest BCUT2D eigenvalue weighted by Gasteiger charge is 2.26. The molecule has 0 bridgehead atoms. The van der Waals surface area contributed by atoms with Crippen molar-refractivity contribution in [3.05, 3.63) is 77.4 Å². The maximum absolute atomic E-state index is 13.2. The Morgan fingerprint density at radius 2 is 1.78 bits per heavy atom. The number of amides is 2. The molecule has 0 radical (unpaired) electrons. The third-order valence-electron chi connectivity index (χ3n) is 6.01. The minimum atomic E-state index is -0.561. The van der Waals surface area contributed by atoms with Crippen LogP contribution in [-0.2, 0) is 22.6 Å². The summed E-state index contributed by atoms with van der Waals surface area (Å²) in [5.41, 5.74) is 3.33. The number of benzene rings is 2. The maximum Gasteiger partial charge on any atom is 0.242 e. The van der Waals surface area contributed by atoms with Crippen LogP contribution in [0.15, 0.2) is 66.2 Å². The molecule has 0 aromatic heterocycles. The average Bonchev–Trinajstić information content (AvgIpc) is 2.83. The highest BCUT2D eigenvalue weighted by molar-refractivity contribution is 5.88. The smallest absolute Gasteiger partial charge is 0.242 e. The van der Waals surface area contributed by atoms with Gasteiger partial charge in [-0.25, -0.2) is 0 Å². The van der Waals surface area contributed by atoms with Gasteiger partial charge in [0.2, 0.25) is 11.8 Å². The molecular formula is C27H34N2O3. The van der Waals surface area contributed by atoms with Crippen LogP contribution in [0.5, 0.6) is 5.75 Å². The Balaban J connectivity index is 1.66. The number of ether oxygens (including phenoxy) is 1. The molecule has 0 fully saturated rings. The highest BCUT2D eigenvalue weighted by Crippen LogP contribution is 2.20.